The van der Waals surface area contributed by atoms with Crippen LogP contribution in [0.1, 0.15) is 5.56 Å². The summed E-state index contributed by atoms with van der Waals surface area (Å²) in [6, 6.07) is 2.03. The van der Waals surface area contributed by atoms with Crippen molar-refractivity contribution in [2.45, 2.75) is 6.92 Å². The number of aryl methyl sites for hydroxylation is 1. The van der Waals surface area contributed by atoms with Crippen molar-refractivity contribution >= 4 is 0 Å². The number of hydrogen-bond acceptors (Lipinski definition) is 1. The number of nitrogens with zero attached hydrogens (tertiary/aromatic N) is 1. The molecular formula is C6H8N2. The predicted octanol–water partition coefficient (Wildman–Crippen LogP) is 1.46. The van der Waals surface area contributed by atoms with Gasteiger partial charge in [-0.25, -0.2) is 5.26 Å². The first-order valence-corrected chi connectivity index (χ1v) is 2.25. The van der Waals surface area contributed by atoms with Crippen molar-refractivity contribution in [3.8, 4) is 6.57 Å². The molecule has 0 fully saturated rings. The molecule has 8 heavy (non-hydrogen) atoms. The Morgan fingerprint density at radius 3 is 2.38 bits per heavy atom. The van der Waals surface area contributed by atoms with E-state index in [1.807, 2.05) is 18.5 Å². The number of nitriles is 1. The van der Waals surface area contributed by atoms with Crippen LogP contribution in [0.5, 0.6) is 0 Å². The molecule has 0 aliphatic rings. The zero-order valence-electron chi connectivity index (χ0n) is 4.76. The Kier molecular flexibility index (Phi) is 3.34. The van der Waals surface area contributed by atoms with Crippen LogP contribution in [0.15, 0.2) is 18.5 Å². The second-order valence-electron chi connectivity index (χ2n) is 1.39. The Hall–Kier alpha value is -1.23. The summed E-state index contributed by atoms with van der Waals surface area (Å²) < 4.78 is 0. The standard InChI is InChI=1S/C5H7N.CHN/c1-5-2-3-6-4-5;1-2/h2-4,6H,1H3;1H. The maximum Gasteiger partial charge on any atom is 0.0462 e. The lowest BCUT2D eigenvalue weighted by Crippen LogP contribution is -1.50. The highest BCUT2D eigenvalue weighted by Gasteiger charge is 1.73. The summed E-state index contributed by atoms with van der Waals surface area (Å²) in [5, 5.41) is 6.50. The molecule has 0 radical (unpaired) electrons. The molecule has 0 aliphatic carbocycles. The fourth-order valence-electron chi connectivity index (χ4n) is 0.407. The third-order valence-electron chi connectivity index (χ3n) is 0.753. The maximum absolute atomic E-state index is 6.50. The minimum atomic E-state index is 1.29. The first kappa shape index (κ1) is 6.77. The van der Waals surface area contributed by atoms with Crippen LogP contribution in [-0.4, -0.2) is 4.98 Å². The lowest BCUT2D eigenvalue weighted by Gasteiger charge is -1.65. The molecule has 0 bridgehead atoms. The second kappa shape index (κ2) is 3.94. The molecule has 1 aromatic rings. The van der Waals surface area contributed by atoms with E-state index >= 15 is 0 Å². The molecule has 0 aromatic carbocycles. The van der Waals surface area contributed by atoms with E-state index in [-0.39, 0.29) is 0 Å². The van der Waals surface area contributed by atoms with E-state index in [9.17, 15) is 0 Å². The molecule has 1 heterocycles. The normalized spacial score (nSPS) is 6.88. The van der Waals surface area contributed by atoms with Gasteiger partial charge in [-0.1, -0.05) is 0 Å². The van der Waals surface area contributed by atoms with Gasteiger partial charge in [-0.3, -0.25) is 0 Å². The second-order valence-corrected chi connectivity index (χ2v) is 1.39. The topological polar surface area (TPSA) is 39.6 Å². The van der Waals surface area contributed by atoms with Crippen LogP contribution in [0, 0.1) is 18.8 Å². The summed E-state index contributed by atoms with van der Waals surface area (Å²) in [7, 11) is 0. The summed E-state index contributed by atoms with van der Waals surface area (Å²) in [5.41, 5.74) is 1.29. The zero-order chi connectivity index (χ0) is 6.41. The van der Waals surface area contributed by atoms with E-state index in [0.29, 0.717) is 0 Å². The van der Waals surface area contributed by atoms with Crippen molar-refractivity contribution in [1.82, 2.24) is 4.98 Å². The molecule has 1 rings (SSSR count). The first-order valence-electron chi connectivity index (χ1n) is 2.25. The Morgan fingerprint density at radius 1 is 1.62 bits per heavy atom. The predicted molar refractivity (Wildman–Crippen MR) is 32.2 cm³/mol. The Labute approximate surface area is 48.8 Å². The fourth-order valence-corrected chi connectivity index (χ4v) is 0.407. The molecule has 0 unspecified atom stereocenters. The molecule has 2 nitrogen and oxygen atoms in total. The number of aromatic nitrogens is 1. The molecule has 0 aliphatic heterocycles. The van der Waals surface area contributed by atoms with Gasteiger partial charge in [0.25, 0.3) is 0 Å². The summed E-state index contributed by atoms with van der Waals surface area (Å²) in [6.45, 7) is 5.55. The highest BCUT2D eigenvalue weighted by atomic mass is 14.6. The molecule has 0 atom stereocenters. The molecule has 1 N–H and O–H groups in total. The van der Waals surface area contributed by atoms with Crippen LogP contribution >= 0.6 is 0 Å². The Bertz CT molecular complexity index is 139. The van der Waals surface area contributed by atoms with Gasteiger partial charge in [0.15, 0.2) is 0 Å². The molecule has 0 saturated heterocycles. The van der Waals surface area contributed by atoms with Crippen molar-refractivity contribution in [2.24, 2.45) is 0 Å². The van der Waals surface area contributed by atoms with Gasteiger partial charge < -0.3 is 4.98 Å². The highest BCUT2D eigenvalue weighted by Crippen LogP contribution is 1.88. The van der Waals surface area contributed by atoms with Gasteiger partial charge in [0, 0.05) is 19.0 Å². The fraction of sp³-hybridized carbons (Fsp3) is 0.167. The van der Waals surface area contributed by atoms with E-state index in [4.69, 9.17) is 5.26 Å². The first-order chi connectivity index (χ1) is 3.89. The summed E-state index contributed by atoms with van der Waals surface area (Å²) in [5.74, 6) is 0. The van der Waals surface area contributed by atoms with Crippen molar-refractivity contribution < 1.29 is 0 Å². The average Bonchev–Trinajstić information content (AvgIpc) is 2.24. The molecule has 0 amide bonds. The minimum Gasteiger partial charge on any atom is -0.367 e. The van der Waals surface area contributed by atoms with Crippen molar-refractivity contribution in [3.05, 3.63) is 24.0 Å². The number of rotatable bonds is 0. The lowest BCUT2D eigenvalue weighted by atomic mass is 10.4. The van der Waals surface area contributed by atoms with Crippen LogP contribution < -0.4 is 0 Å². The number of nitrogens with one attached hydrogen (secondary N) is 1. The number of aromatic amines is 1. The van der Waals surface area contributed by atoms with Gasteiger partial charge in [0.05, 0.1) is 0 Å². The quantitative estimate of drug-likeness (QED) is 0.537. The summed E-state index contributed by atoms with van der Waals surface area (Å²) in [6.07, 6.45) is 3.87. The van der Waals surface area contributed by atoms with Crippen LogP contribution in [-0.2, 0) is 0 Å². The number of hydrogen-bond donors (Lipinski definition) is 1. The van der Waals surface area contributed by atoms with Gasteiger partial charge >= 0.3 is 0 Å². The SMILES string of the molecule is C#N.Cc1cc[nH]c1. The van der Waals surface area contributed by atoms with Crippen molar-refractivity contribution in [2.75, 3.05) is 0 Å². The molecule has 0 spiro atoms. The highest BCUT2D eigenvalue weighted by molar-refractivity contribution is 5.03. The van der Waals surface area contributed by atoms with Crippen LogP contribution in [0.25, 0.3) is 0 Å². The maximum atomic E-state index is 6.50. The molecule has 2 heteroatoms. The minimum absolute atomic E-state index is 1.29. The number of H-pyrrole nitrogens is 1. The van der Waals surface area contributed by atoms with E-state index in [1.54, 1.807) is 0 Å². The van der Waals surface area contributed by atoms with Gasteiger partial charge in [0.1, 0.15) is 0 Å². The van der Waals surface area contributed by atoms with Crippen LogP contribution in [0.4, 0.5) is 0 Å². The van der Waals surface area contributed by atoms with Crippen LogP contribution in [0.3, 0.4) is 0 Å². The monoisotopic (exact) mass is 108 g/mol. The van der Waals surface area contributed by atoms with Crippen LogP contribution in [0.2, 0.25) is 0 Å². The third-order valence-corrected chi connectivity index (χ3v) is 0.753. The molecular weight excluding hydrogens is 100 g/mol. The largest absolute Gasteiger partial charge is 0.367 e. The van der Waals surface area contributed by atoms with Crippen molar-refractivity contribution in [3.63, 3.8) is 0 Å². The molecule has 1 aromatic heterocycles. The van der Waals surface area contributed by atoms with E-state index in [1.165, 1.54) is 5.56 Å². The van der Waals surface area contributed by atoms with E-state index in [2.05, 4.69) is 18.5 Å². The summed E-state index contributed by atoms with van der Waals surface area (Å²) >= 11 is 0. The smallest absolute Gasteiger partial charge is 0.0462 e. The van der Waals surface area contributed by atoms with Gasteiger partial charge in [0.2, 0.25) is 0 Å². The van der Waals surface area contributed by atoms with Gasteiger partial charge in [-0.15, -0.1) is 0 Å². The third kappa shape index (κ3) is 2.04. The lowest BCUT2D eigenvalue weighted by molar-refractivity contribution is 1.39. The average molecular weight is 108 g/mol. The summed E-state index contributed by atoms with van der Waals surface area (Å²) in [4.78, 5) is 2.93. The van der Waals surface area contributed by atoms with Crippen molar-refractivity contribution in [1.29, 1.82) is 5.26 Å². The zero-order valence-corrected chi connectivity index (χ0v) is 4.76. The molecule has 0 saturated carbocycles. The molecule has 42 valence electrons. The van der Waals surface area contributed by atoms with Gasteiger partial charge in [-0.05, 0) is 18.6 Å². The van der Waals surface area contributed by atoms with E-state index < -0.39 is 0 Å². The Balaban J connectivity index is 0.000000222. The van der Waals surface area contributed by atoms with E-state index in [0.717, 1.165) is 0 Å². The van der Waals surface area contributed by atoms with Gasteiger partial charge in [-0.2, -0.15) is 0 Å². The Morgan fingerprint density at radius 2 is 2.25 bits per heavy atom.